The van der Waals surface area contributed by atoms with Crippen molar-refractivity contribution in [1.82, 2.24) is 29.7 Å². The third-order valence-electron chi connectivity index (χ3n) is 6.96. The molecule has 5 heterocycles. The van der Waals surface area contributed by atoms with Gasteiger partial charge in [0, 0.05) is 39.6 Å². The van der Waals surface area contributed by atoms with Crippen LogP contribution >= 0.6 is 0 Å². The van der Waals surface area contributed by atoms with E-state index in [4.69, 9.17) is 9.52 Å². The zero-order valence-electron chi connectivity index (χ0n) is 20.4. The van der Waals surface area contributed by atoms with E-state index in [0.717, 1.165) is 60.1 Å². The minimum atomic E-state index is -0.232. The molecule has 0 N–H and O–H groups in total. The average molecular weight is 485 g/mol. The summed E-state index contributed by atoms with van der Waals surface area (Å²) in [4.78, 5) is 26.7. The molecule has 1 aromatic carbocycles. The highest BCUT2D eigenvalue weighted by molar-refractivity contribution is 6.03. The predicted octanol–water partition coefficient (Wildman–Crippen LogP) is 2.76. The molecule has 1 unspecified atom stereocenters. The lowest BCUT2D eigenvalue weighted by Gasteiger charge is -2.35. The number of benzene rings is 1. The SMILES string of the molecule is Cc1ccc(C2=NN(C(=O)CN3CCN(c4ncnc5c4cnn5C)CC3)C(c3ccco3)C2)cc1. The summed E-state index contributed by atoms with van der Waals surface area (Å²) in [6.45, 7) is 5.42. The smallest absolute Gasteiger partial charge is 0.257 e. The molecule has 0 bridgehead atoms. The van der Waals surface area contributed by atoms with Gasteiger partial charge >= 0.3 is 0 Å². The number of nitrogens with zero attached hydrogens (tertiary/aromatic N) is 8. The highest BCUT2D eigenvalue weighted by Crippen LogP contribution is 2.33. The van der Waals surface area contributed by atoms with Crippen LogP contribution in [0.2, 0.25) is 0 Å². The number of rotatable bonds is 5. The second-order valence-electron chi connectivity index (χ2n) is 9.35. The maximum absolute atomic E-state index is 13.5. The van der Waals surface area contributed by atoms with Gasteiger partial charge < -0.3 is 9.32 Å². The topological polar surface area (TPSA) is 95.9 Å². The first-order valence-electron chi connectivity index (χ1n) is 12.2. The molecule has 1 atom stereocenters. The number of carbonyl (C=O) groups excluding carboxylic acids is 1. The van der Waals surface area contributed by atoms with Crippen LogP contribution in [0.15, 0.2) is 64.7 Å². The molecule has 2 aliphatic heterocycles. The van der Waals surface area contributed by atoms with Crippen molar-refractivity contribution in [2.75, 3.05) is 37.6 Å². The van der Waals surface area contributed by atoms with E-state index in [0.29, 0.717) is 13.0 Å². The normalized spacial score (nSPS) is 18.7. The number of hydrazone groups is 1. The van der Waals surface area contributed by atoms with Crippen LogP contribution in [0.3, 0.4) is 0 Å². The number of anilines is 1. The Morgan fingerprint density at radius 3 is 2.64 bits per heavy atom. The van der Waals surface area contributed by atoms with Gasteiger partial charge in [-0.05, 0) is 24.6 Å². The monoisotopic (exact) mass is 484 g/mol. The lowest BCUT2D eigenvalue weighted by molar-refractivity contribution is -0.134. The fraction of sp³-hybridized carbons (Fsp3) is 0.346. The van der Waals surface area contributed by atoms with E-state index in [-0.39, 0.29) is 11.9 Å². The van der Waals surface area contributed by atoms with Crippen molar-refractivity contribution in [3.8, 4) is 0 Å². The van der Waals surface area contributed by atoms with Gasteiger partial charge in [0.25, 0.3) is 5.91 Å². The second-order valence-corrected chi connectivity index (χ2v) is 9.35. The van der Waals surface area contributed by atoms with Gasteiger partial charge in [-0.2, -0.15) is 10.2 Å². The fourth-order valence-corrected chi connectivity index (χ4v) is 4.95. The first-order valence-corrected chi connectivity index (χ1v) is 12.2. The standard InChI is InChI=1S/C26H28N8O2/c1-18-5-7-19(8-6-18)21-14-22(23-4-3-13-36-23)34(30-21)24(35)16-32-9-11-33(12-10-32)26-20-15-29-31(2)25(20)27-17-28-26/h3-8,13,15,17,22H,9-12,14,16H2,1-2H3. The summed E-state index contributed by atoms with van der Waals surface area (Å²) in [7, 11) is 1.88. The summed E-state index contributed by atoms with van der Waals surface area (Å²) in [6, 6.07) is 11.8. The maximum Gasteiger partial charge on any atom is 0.257 e. The van der Waals surface area contributed by atoms with E-state index in [2.05, 4.69) is 56.1 Å². The third kappa shape index (κ3) is 4.13. The lowest BCUT2D eigenvalue weighted by atomic mass is 10.0. The summed E-state index contributed by atoms with van der Waals surface area (Å²) in [5, 5.41) is 11.6. The van der Waals surface area contributed by atoms with E-state index in [1.807, 2.05) is 25.4 Å². The number of fused-ring (bicyclic) bond motifs is 1. The number of carbonyl (C=O) groups is 1. The van der Waals surface area contributed by atoms with Gasteiger partial charge in [0.1, 0.15) is 23.9 Å². The number of furan rings is 1. The van der Waals surface area contributed by atoms with Gasteiger partial charge in [0.2, 0.25) is 0 Å². The Hall–Kier alpha value is -4.05. The summed E-state index contributed by atoms with van der Waals surface area (Å²) in [5.74, 6) is 1.62. The van der Waals surface area contributed by atoms with Gasteiger partial charge in [0.05, 0.1) is 30.1 Å². The van der Waals surface area contributed by atoms with E-state index < -0.39 is 0 Å². The summed E-state index contributed by atoms with van der Waals surface area (Å²) < 4.78 is 7.44. The molecule has 0 spiro atoms. The predicted molar refractivity (Wildman–Crippen MR) is 136 cm³/mol. The van der Waals surface area contributed by atoms with Crippen molar-refractivity contribution in [3.63, 3.8) is 0 Å². The van der Waals surface area contributed by atoms with Crippen LogP contribution in [0, 0.1) is 6.92 Å². The van der Waals surface area contributed by atoms with Crippen molar-refractivity contribution in [2.45, 2.75) is 19.4 Å². The second kappa shape index (κ2) is 9.19. The van der Waals surface area contributed by atoms with E-state index in [9.17, 15) is 4.79 Å². The molecule has 4 aromatic rings. The first kappa shape index (κ1) is 22.4. The number of aromatic nitrogens is 4. The first-order chi connectivity index (χ1) is 17.6. The molecule has 6 rings (SSSR count). The Balaban J connectivity index is 1.15. The Morgan fingerprint density at radius 1 is 1.08 bits per heavy atom. The zero-order chi connectivity index (χ0) is 24.6. The van der Waals surface area contributed by atoms with Crippen LogP contribution in [0.25, 0.3) is 11.0 Å². The number of aryl methyl sites for hydroxylation is 2. The summed E-state index contributed by atoms with van der Waals surface area (Å²) in [6.07, 6.45) is 5.67. The summed E-state index contributed by atoms with van der Waals surface area (Å²) >= 11 is 0. The molecule has 1 saturated heterocycles. The molecular formula is C26H28N8O2. The van der Waals surface area contributed by atoms with Crippen LogP contribution in [0.4, 0.5) is 5.82 Å². The molecule has 2 aliphatic rings. The van der Waals surface area contributed by atoms with Gasteiger partial charge in [-0.25, -0.2) is 15.0 Å². The highest BCUT2D eigenvalue weighted by Gasteiger charge is 2.35. The van der Waals surface area contributed by atoms with Gasteiger partial charge in [-0.3, -0.25) is 14.4 Å². The van der Waals surface area contributed by atoms with Gasteiger partial charge in [-0.15, -0.1) is 0 Å². The quantitative estimate of drug-likeness (QED) is 0.430. The zero-order valence-corrected chi connectivity index (χ0v) is 20.4. The summed E-state index contributed by atoms with van der Waals surface area (Å²) in [5.41, 5.74) is 3.95. The molecule has 184 valence electrons. The minimum Gasteiger partial charge on any atom is -0.467 e. The Kier molecular flexibility index (Phi) is 5.73. The molecule has 36 heavy (non-hydrogen) atoms. The van der Waals surface area contributed by atoms with Crippen molar-refractivity contribution in [3.05, 3.63) is 72.1 Å². The molecule has 1 fully saturated rings. The van der Waals surface area contributed by atoms with Crippen LogP contribution in [0.5, 0.6) is 0 Å². The molecule has 10 heteroatoms. The van der Waals surface area contributed by atoms with Gasteiger partial charge in [0.15, 0.2) is 5.65 Å². The van der Waals surface area contributed by atoms with Crippen LogP contribution in [-0.2, 0) is 11.8 Å². The van der Waals surface area contributed by atoms with Crippen molar-refractivity contribution < 1.29 is 9.21 Å². The number of amides is 1. The van der Waals surface area contributed by atoms with E-state index in [1.54, 1.807) is 22.3 Å². The largest absolute Gasteiger partial charge is 0.467 e. The van der Waals surface area contributed by atoms with Crippen molar-refractivity contribution in [1.29, 1.82) is 0 Å². The van der Waals surface area contributed by atoms with Crippen molar-refractivity contribution in [2.24, 2.45) is 12.1 Å². The fourth-order valence-electron chi connectivity index (χ4n) is 4.95. The van der Waals surface area contributed by atoms with E-state index >= 15 is 0 Å². The van der Waals surface area contributed by atoms with Crippen LogP contribution in [0.1, 0.15) is 29.3 Å². The lowest BCUT2D eigenvalue weighted by Crippen LogP contribution is -2.49. The average Bonchev–Trinajstić information content (AvgIpc) is 3.65. The minimum absolute atomic E-state index is 0.0244. The van der Waals surface area contributed by atoms with Crippen LogP contribution in [-0.4, -0.2) is 74.0 Å². The number of hydrogen-bond acceptors (Lipinski definition) is 8. The molecule has 1 amide bonds. The molecule has 3 aromatic heterocycles. The number of hydrogen-bond donors (Lipinski definition) is 0. The Morgan fingerprint density at radius 2 is 1.89 bits per heavy atom. The molecule has 0 radical (unpaired) electrons. The molecule has 0 aliphatic carbocycles. The third-order valence-corrected chi connectivity index (χ3v) is 6.96. The molecular weight excluding hydrogens is 456 g/mol. The maximum atomic E-state index is 13.5. The Labute approximate surface area is 208 Å². The molecule has 0 saturated carbocycles. The number of piperazine rings is 1. The van der Waals surface area contributed by atoms with Gasteiger partial charge in [-0.1, -0.05) is 29.8 Å². The van der Waals surface area contributed by atoms with E-state index in [1.165, 1.54) is 5.56 Å². The van der Waals surface area contributed by atoms with Crippen LogP contribution < -0.4 is 4.90 Å². The highest BCUT2D eigenvalue weighted by atomic mass is 16.3. The Bertz CT molecular complexity index is 1400. The molecule has 10 nitrogen and oxygen atoms in total. The van der Waals surface area contributed by atoms with Crippen molar-refractivity contribution >= 4 is 28.5 Å².